The van der Waals surface area contributed by atoms with Crippen molar-refractivity contribution in [1.29, 1.82) is 0 Å². The fourth-order valence-corrected chi connectivity index (χ4v) is 4.23. The Balaban J connectivity index is 1.76. The molecule has 2 aromatic rings. The number of amides is 1. The van der Waals surface area contributed by atoms with Gasteiger partial charge < -0.3 is 9.84 Å². The largest absolute Gasteiger partial charge is 0.480 e. The van der Waals surface area contributed by atoms with E-state index in [-0.39, 0.29) is 18.4 Å². The quantitative estimate of drug-likeness (QED) is 0.751. The minimum Gasteiger partial charge on any atom is -0.480 e. The van der Waals surface area contributed by atoms with Crippen LogP contribution in [-0.2, 0) is 9.53 Å². The molecule has 0 unspecified atom stereocenters. The molecule has 1 aliphatic carbocycles. The SMILES string of the molecule is CCC(CC)[C@@H](C(=O)O)N(C)C(=O)OCC1c2ccccc2-c2ccccc21. The van der Waals surface area contributed by atoms with Crippen LogP contribution < -0.4 is 0 Å². The van der Waals surface area contributed by atoms with Crippen LogP contribution in [0.2, 0.25) is 0 Å². The third kappa shape index (κ3) is 3.61. The fourth-order valence-electron chi connectivity index (χ4n) is 4.23. The number of aliphatic carboxylic acids is 1. The molecule has 1 N–H and O–H groups in total. The van der Waals surface area contributed by atoms with Crippen molar-refractivity contribution in [3.63, 3.8) is 0 Å². The molecule has 0 saturated carbocycles. The van der Waals surface area contributed by atoms with Gasteiger partial charge in [-0.15, -0.1) is 0 Å². The summed E-state index contributed by atoms with van der Waals surface area (Å²) in [6, 6.07) is 15.4. The molecule has 0 fully saturated rings. The standard InChI is InChI=1S/C23H27NO4/c1-4-15(5-2)21(22(25)26)24(3)23(27)28-14-20-18-12-8-6-10-16(18)17-11-7-9-13-19(17)20/h6-13,15,20-21H,4-5,14H2,1-3H3,(H,25,26)/t21-/m0/s1. The lowest BCUT2D eigenvalue weighted by atomic mass is 9.93. The van der Waals surface area contributed by atoms with Crippen molar-refractivity contribution >= 4 is 12.1 Å². The minimum atomic E-state index is -0.996. The Kier molecular flexibility index (Phi) is 6.02. The van der Waals surface area contributed by atoms with E-state index in [9.17, 15) is 14.7 Å². The first-order valence-corrected chi connectivity index (χ1v) is 9.80. The molecule has 28 heavy (non-hydrogen) atoms. The number of likely N-dealkylation sites (N-methyl/N-ethyl adjacent to an activating group) is 1. The van der Waals surface area contributed by atoms with Crippen molar-refractivity contribution in [2.45, 2.75) is 38.6 Å². The molecule has 5 heteroatoms. The van der Waals surface area contributed by atoms with Crippen LogP contribution in [0.1, 0.15) is 43.7 Å². The van der Waals surface area contributed by atoms with Gasteiger partial charge in [-0.1, -0.05) is 75.2 Å². The van der Waals surface area contributed by atoms with Gasteiger partial charge >= 0.3 is 12.1 Å². The van der Waals surface area contributed by atoms with E-state index < -0.39 is 18.1 Å². The van der Waals surface area contributed by atoms with E-state index in [4.69, 9.17) is 4.74 Å². The van der Waals surface area contributed by atoms with Crippen LogP contribution in [0, 0.1) is 5.92 Å². The zero-order valence-corrected chi connectivity index (χ0v) is 16.6. The summed E-state index contributed by atoms with van der Waals surface area (Å²) in [5.41, 5.74) is 4.59. The van der Waals surface area contributed by atoms with E-state index in [1.165, 1.54) is 11.9 Å². The Labute approximate surface area is 165 Å². The van der Waals surface area contributed by atoms with Crippen LogP contribution in [0.4, 0.5) is 4.79 Å². The molecule has 148 valence electrons. The number of ether oxygens (including phenoxy) is 1. The Hall–Kier alpha value is -2.82. The number of carbonyl (C=O) groups excluding carboxylic acids is 1. The second kappa shape index (κ2) is 8.46. The normalized spacial score (nSPS) is 13.7. The monoisotopic (exact) mass is 381 g/mol. The van der Waals surface area contributed by atoms with Gasteiger partial charge in [0.15, 0.2) is 0 Å². The summed E-state index contributed by atoms with van der Waals surface area (Å²) < 4.78 is 5.60. The average molecular weight is 381 g/mol. The third-order valence-electron chi connectivity index (χ3n) is 5.79. The number of hydrogen-bond donors (Lipinski definition) is 1. The molecule has 0 radical (unpaired) electrons. The molecule has 0 aromatic heterocycles. The number of rotatable bonds is 7. The zero-order valence-electron chi connectivity index (χ0n) is 16.6. The first-order chi connectivity index (χ1) is 13.5. The molecular formula is C23H27NO4. The van der Waals surface area contributed by atoms with Gasteiger partial charge in [0, 0.05) is 13.0 Å². The van der Waals surface area contributed by atoms with Gasteiger partial charge in [-0.25, -0.2) is 9.59 Å². The highest BCUT2D eigenvalue weighted by Crippen LogP contribution is 2.44. The summed E-state index contributed by atoms with van der Waals surface area (Å²) in [6.45, 7) is 4.07. The van der Waals surface area contributed by atoms with E-state index in [0.717, 1.165) is 22.3 Å². The number of benzene rings is 2. The highest BCUT2D eigenvalue weighted by molar-refractivity contribution is 5.81. The molecule has 1 aliphatic rings. The second-order valence-electron chi connectivity index (χ2n) is 7.27. The topological polar surface area (TPSA) is 66.8 Å². The van der Waals surface area contributed by atoms with Crippen molar-refractivity contribution in [2.24, 2.45) is 5.92 Å². The number of nitrogens with zero attached hydrogens (tertiary/aromatic N) is 1. The maximum absolute atomic E-state index is 12.6. The smallest absolute Gasteiger partial charge is 0.410 e. The van der Waals surface area contributed by atoms with Crippen molar-refractivity contribution in [3.05, 3.63) is 59.7 Å². The highest BCUT2D eigenvalue weighted by atomic mass is 16.6. The van der Waals surface area contributed by atoms with Gasteiger partial charge in [0.25, 0.3) is 0 Å². The Morgan fingerprint density at radius 1 is 1.00 bits per heavy atom. The number of hydrogen-bond acceptors (Lipinski definition) is 3. The van der Waals surface area contributed by atoms with Gasteiger partial charge in [-0.3, -0.25) is 4.90 Å². The van der Waals surface area contributed by atoms with Crippen LogP contribution in [0.25, 0.3) is 11.1 Å². The van der Waals surface area contributed by atoms with Crippen LogP contribution in [-0.4, -0.2) is 41.8 Å². The third-order valence-corrected chi connectivity index (χ3v) is 5.79. The molecule has 1 atom stereocenters. The summed E-state index contributed by atoms with van der Waals surface area (Å²) in [5.74, 6) is -1.14. The fraction of sp³-hybridized carbons (Fsp3) is 0.391. The van der Waals surface area contributed by atoms with Gasteiger partial charge in [-0.05, 0) is 28.2 Å². The molecule has 0 bridgehead atoms. The Morgan fingerprint density at radius 3 is 1.96 bits per heavy atom. The van der Waals surface area contributed by atoms with Crippen LogP contribution in [0.3, 0.4) is 0 Å². The summed E-state index contributed by atoms with van der Waals surface area (Å²) in [6.07, 6.45) is 0.782. The van der Waals surface area contributed by atoms with E-state index >= 15 is 0 Å². The minimum absolute atomic E-state index is 0.0406. The summed E-state index contributed by atoms with van der Waals surface area (Å²) >= 11 is 0. The van der Waals surface area contributed by atoms with E-state index in [1.54, 1.807) is 0 Å². The summed E-state index contributed by atoms with van der Waals surface area (Å²) in [4.78, 5) is 25.6. The molecule has 5 nitrogen and oxygen atoms in total. The molecule has 2 aromatic carbocycles. The zero-order chi connectivity index (χ0) is 20.3. The van der Waals surface area contributed by atoms with Gasteiger partial charge in [0.2, 0.25) is 0 Å². The maximum Gasteiger partial charge on any atom is 0.410 e. The first kappa shape index (κ1) is 19.9. The van der Waals surface area contributed by atoms with Gasteiger partial charge in [-0.2, -0.15) is 0 Å². The van der Waals surface area contributed by atoms with Gasteiger partial charge in [0.1, 0.15) is 12.6 Å². The highest BCUT2D eigenvalue weighted by Gasteiger charge is 2.35. The predicted octanol–water partition coefficient (Wildman–Crippen LogP) is 4.76. The predicted molar refractivity (Wildman–Crippen MR) is 108 cm³/mol. The Morgan fingerprint density at radius 2 is 1.50 bits per heavy atom. The molecule has 0 aliphatic heterocycles. The van der Waals surface area contributed by atoms with Crippen LogP contribution >= 0.6 is 0 Å². The van der Waals surface area contributed by atoms with Crippen molar-refractivity contribution in [2.75, 3.05) is 13.7 Å². The van der Waals surface area contributed by atoms with Crippen molar-refractivity contribution in [3.8, 4) is 11.1 Å². The van der Waals surface area contributed by atoms with Crippen LogP contribution in [0.15, 0.2) is 48.5 Å². The molecule has 0 heterocycles. The average Bonchev–Trinajstić information content (AvgIpc) is 3.03. The van der Waals surface area contributed by atoms with Crippen molar-refractivity contribution in [1.82, 2.24) is 4.90 Å². The molecule has 0 saturated heterocycles. The molecule has 0 spiro atoms. The van der Waals surface area contributed by atoms with E-state index in [2.05, 4.69) is 24.3 Å². The molecule has 3 rings (SSSR count). The lowest BCUT2D eigenvalue weighted by Gasteiger charge is -2.30. The number of carbonyl (C=O) groups is 2. The summed E-state index contributed by atoms with van der Waals surface area (Å²) in [5, 5.41) is 9.62. The number of fused-ring (bicyclic) bond motifs is 3. The maximum atomic E-state index is 12.6. The van der Waals surface area contributed by atoms with Crippen molar-refractivity contribution < 1.29 is 19.4 Å². The molecular weight excluding hydrogens is 354 g/mol. The van der Waals surface area contributed by atoms with E-state index in [1.807, 2.05) is 38.1 Å². The Bertz CT molecular complexity index is 814. The second-order valence-corrected chi connectivity index (χ2v) is 7.27. The lowest BCUT2D eigenvalue weighted by Crippen LogP contribution is -2.47. The number of carboxylic acid groups (broad SMARTS) is 1. The van der Waals surface area contributed by atoms with E-state index in [0.29, 0.717) is 12.8 Å². The first-order valence-electron chi connectivity index (χ1n) is 9.80. The van der Waals surface area contributed by atoms with Gasteiger partial charge in [0.05, 0.1) is 0 Å². The molecule has 1 amide bonds. The summed E-state index contributed by atoms with van der Waals surface area (Å²) in [7, 11) is 1.51. The van der Waals surface area contributed by atoms with Crippen LogP contribution in [0.5, 0.6) is 0 Å². The number of carboxylic acids is 1. The lowest BCUT2D eigenvalue weighted by molar-refractivity contribution is -0.144.